The quantitative estimate of drug-likeness (QED) is 0.879. The molecular weight excluding hydrogens is 249 g/mol. The summed E-state index contributed by atoms with van der Waals surface area (Å²) in [5.41, 5.74) is 10.5. The summed E-state index contributed by atoms with van der Waals surface area (Å²) in [6.45, 7) is 4.79. The smallest absolute Gasteiger partial charge is 0.126 e. The Labute approximate surface area is 120 Å². The van der Waals surface area contributed by atoms with Crippen LogP contribution in [0.2, 0.25) is 0 Å². The molecule has 0 aliphatic rings. The first kappa shape index (κ1) is 14.7. The molecule has 0 aliphatic heterocycles. The maximum absolute atomic E-state index is 13.7. The zero-order chi connectivity index (χ0) is 14.5. The van der Waals surface area contributed by atoms with Gasteiger partial charge in [-0.25, -0.2) is 4.39 Å². The second-order valence-electron chi connectivity index (χ2n) is 5.53. The van der Waals surface area contributed by atoms with E-state index in [9.17, 15) is 4.39 Å². The Morgan fingerprint density at radius 1 is 1.00 bits per heavy atom. The van der Waals surface area contributed by atoms with E-state index in [1.807, 2.05) is 12.1 Å². The molecule has 0 radical (unpaired) electrons. The van der Waals surface area contributed by atoms with Crippen molar-refractivity contribution < 1.29 is 4.39 Å². The van der Waals surface area contributed by atoms with E-state index in [-0.39, 0.29) is 11.7 Å². The van der Waals surface area contributed by atoms with Crippen LogP contribution in [0.3, 0.4) is 0 Å². The largest absolute Gasteiger partial charge is 0.330 e. The van der Waals surface area contributed by atoms with Gasteiger partial charge in [0, 0.05) is 0 Å². The summed E-state index contributed by atoms with van der Waals surface area (Å²) >= 11 is 0. The van der Waals surface area contributed by atoms with Gasteiger partial charge < -0.3 is 5.73 Å². The summed E-state index contributed by atoms with van der Waals surface area (Å²) in [6, 6.07) is 13.4. The van der Waals surface area contributed by atoms with Gasteiger partial charge in [0.15, 0.2) is 0 Å². The fourth-order valence-corrected chi connectivity index (χ4v) is 2.60. The first-order valence-corrected chi connectivity index (χ1v) is 7.09. The third-order valence-electron chi connectivity index (χ3n) is 3.81. The zero-order valence-electron chi connectivity index (χ0n) is 12.2. The minimum absolute atomic E-state index is 0.133. The van der Waals surface area contributed by atoms with Gasteiger partial charge in [-0.1, -0.05) is 42.0 Å². The molecule has 2 aromatic carbocycles. The third-order valence-corrected chi connectivity index (χ3v) is 3.81. The van der Waals surface area contributed by atoms with E-state index < -0.39 is 0 Å². The number of nitrogens with two attached hydrogens (primary N) is 1. The molecule has 106 valence electrons. The molecule has 0 saturated carbocycles. The molecule has 2 rings (SSSR count). The van der Waals surface area contributed by atoms with Crippen molar-refractivity contribution in [2.24, 2.45) is 11.7 Å². The molecular formula is C18H22FN. The highest BCUT2D eigenvalue weighted by molar-refractivity contribution is 5.31. The number of rotatable bonds is 5. The van der Waals surface area contributed by atoms with E-state index in [1.165, 1.54) is 22.8 Å². The first-order valence-electron chi connectivity index (χ1n) is 7.09. The van der Waals surface area contributed by atoms with E-state index in [0.717, 1.165) is 12.0 Å². The van der Waals surface area contributed by atoms with Crippen LogP contribution in [0.15, 0.2) is 42.5 Å². The Bertz CT molecular complexity index is 577. The molecule has 0 bridgehead atoms. The molecule has 0 aliphatic carbocycles. The second kappa shape index (κ2) is 6.67. The standard InChI is InChI=1S/C18H22FN/c1-13-7-8-16(14(2)9-13)10-15(12-20)11-17-5-3-4-6-18(17)19/h3-9,15H,10-12,20H2,1-2H3. The van der Waals surface area contributed by atoms with Crippen molar-refractivity contribution in [3.63, 3.8) is 0 Å². The van der Waals surface area contributed by atoms with Gasteiger partial charge in [0.1, 0.15) is 5.82 Å². The van der Waals surface area contributed by atoms with Crippen molar-refractivity contribution in [3.8, 4) is 0 Å². The number of hydrogen-bond acceptors (Lipinski definition) is 1. The van der Waals surface area contributed by atoms with Gasteiger partial charge in [-0.3, -0.25) is 0 Å². The van der Waals surface area contributed by atoms with Crippen molar-refractivity contribution in [1.82, 2.24) is 0 Å². The Morgan fingerprint density at radius 2 is 1.70 bits per heavy atom. The Kier molecular flexibility index (Phi) is 4.91. The monoisotopic (exact) mass is 271 g/mol. The lowest BCUT2D eigenvalue weighted by Crippen LogP contribution is -2.20. The molecule has 0 spiro atoms. The number of benzene rings is 2. The van der Waals surface area contributed by atoms with Crippen LogP contribution in [0.25, 0.3) is 0 Å². The average Bonchev–Trinajstić information content (AvgIpc) is 2.43. The first-order chi connectivity index (χ1) is 9.60. The molecule has 20 heavy (non-hydrogen) atoms. The van der Waals surface area contributed by atoms with Crippen LogP contribution in [-0.4, -0.2) is 6.54 Å². The van der Waals surface area contributed by atoms with Gasteiger partial charge in [-0.05, 0) is 61.9 Å². The second-order valence-corrected chi connectivity index (χ2v) is 5.53. The molecule has 0 amide bonds. The summed E-state index contributed by atoms with van der Waals surface area (Å²) in [5, 5.41) is 0. The van der Waals surface area contributed by atoms with Gasteiger partial charge >= 0.3 is 0 Å². The van der Waals surface area contributed by atoms with Crippen molar-refractivity contribution >= 4 is 0 Å². The van der Waals surface area contributed by atoms with Gasteiger partial charge in [-0.2, -0.15) is 0 Å². The van der Waals surface area contributed by atoms with E-state index in [0.29, 0.717) is 13.0 Å². The molecule has 2 N–H and O–H groups in total. The van der Waals surface area contributed by atoms with Gasteiger partial charge in [0.05, 0.1) is 0 Å². The Morgan fingerprint density at radius 3 is 2.35 bits per heavy atom. The lowest BCUT2D eigenvalue weighted by Gasteiger charge is -2.17. The fraction of sp³-hybridized carbons (Fsp3) is 0.333. The molecule has 2 aromatic rings. The van der Waals surface area contributed by atoms with Crippen LogP contribution in [0, 0.1) is 25.6 Å². The minimum atomic E-state index is -0.133. The highest BCUT2D eigenvalue weighted by atomic mass is 19.1. The summed E-state index contributed by atoms with van der Waals surface area (Å²) in [4.78, 5) is 0. The van der Waals surface area contributed by atoms with Gasteiger partial charge in [-0.15, -0.1) is 0 Å². The molecule has 0 aromatic heterocycles. The van der Waals surface area contributed by atoms with Crippen molar-refractivity contribution in [2.75, 3.05) is 6.54 Å². The molecule has 2 heteroatoms. The summed E-state index contributed by atoms with van der Waals surface area (Å²) < 4.78 is 13.7. The molecule has 0 heterocycles. The van der Waals surface area contributed by atoms with Crippen molar-refractivity contribution in [2.45, 2.75) is 26.7 Å². The van der Waals surface area contributed by atoms with Crippen LogP contribution < -0.4 is 5.73 Å². The van der Waals surface area contributed by atoms with Crippen LogP contribution >= 0.6 is 0 Å². The number of aryl methyl sites for hydroxylation is 2. The normalized spacial score (nSPS) is 12.4. The zero-order valence-corrected chi connectivity index (χ0v) is 12.2. The van der Waals surface area contributed by atoms with E-state index in [1.54, 1.807) is 6.07 Å². The lowest BCUT2D eigenvalue weighted by atomic mass is 9.90. The summed E-state index contributed by atoms with van der Waals surface area (Å²) in [6.07, 6.45) is 1.59. The maximum Gasteiger partial charge on any atom is 0.126 e. The number of hydrogen-bond donors (Lipinski definition) is 1. The Hall–Kier alpha value is -1.67. The topological polar surface area (TPSA) is 26.0 Å². The molecule has 1 nitrogen and oxygen atoms in total. The van der Waals surface area contributed by atoms with Gasteiger partial charge in [0.2, 0.25) is 0 Å². The van der Waals surface area contributed by atoms with Crippen molar-refractivity contribution in [3.05, 3.63) is 70.5 Å². The average molecular weight is 271 g/mol. The fourth-order valence-electron chi connectivity index (χ4n) is 2.60. The van der Waals surface area contributed by atoms with Crippen molar-refractivity contribution in [1.29, 1.82) is 0 Å². The van der Waals surface area contributed by atoms with Crippen LogP contribution in [0.1, 0.15) is 22.3 Å². The maximum atomic E-state index is 13.7. The lowest BCUT2D eigenvalue weighted by molar-refractivity contribution is 0.511. The SMILES string of the molecule is Cc1ccc(CC(CN)Cc2ccccc2F)c(C)c1. The summed E-state index contributed by atoms with van der Waals surface area (Å²) in [5.74, 6) is 0.139. The number of halogens is 1. The van der Waals surface area contributed by atoms with Crippen LogP contribution in [-0.2, 0) is 12.8 Å². The predicted octanol–water partition coefficient (Wildman–Crippen LogP) is 3.80. The van der Waals surface area contributed by atoms with Crippen LogP contribution in [0.5, 0.6) is 0 Å². The summed E-state index contributed by atoms with van der Waals surface area (Å²) in [7, 11) is 0. The molecule has 1 atom stereocenters. The highest BCUT2D eigenvalue weighted by Gasteiger charge is 2.12. The Balaban J connectivity index is 2.11. The van der Waals surface area contributed by atoms with E-state index >= 15 is 0 Å². The molecule has 1 unspecified atom stereocenters. The minimum Gasteiger partial charge on any atom is -0.330 e. The van der Waals surface area contributed by atoms with E-state index in [4.69, 9.17) is 5.73 Å². The van der Waals surface area contributed by atoms with Gasteiger partial charge in [0.25, 0.3) is 0 Å². The third kappa shape index (κ3) is 3.67. The predicted molar refractivity (Wildman–Crippen MR) is 82.3 cm³/mol. The van der Waals surface area contributed by atoms with Crippen LogP contribution in [0.4, 0.5) is 4.39 Å². The molecule has 0 fully saturated rings. The highest BCUT2D eigenvalue weighted by Crippen LogP contribution is 2.19. The van der Waals surface area contributed by atoms with E-state index in [2.05, 4.69) is 32.0 Å². The molecule has 0 saturated heterocycles.